The maximum atomic E-state index is 12.0. The van der Waals surface area contributed by atoms with Crippen LogP contribution in [0, 0.1) is 0 Å². The highest BCUT2D eigenvalue weighted by molar-refractivity contribution is 7.89. The molecule has 22 heavy (non-hydrogen) atoms. The number of hydrogen-bond acceptors (Lipinski definition) is 4. The Hall–Kier alpha value is -1.70. The number of benzene rings is 1. The van der Waals surface area contributed by atoms with E-state index in [1.54, 1.807) is 25.1 Å². The maximum Gasteiger partial charge on any atom is 0.253 e. The molecule has 1 amide bonds. The van der Waals surface area contributed by atoms with Crippen LogP contribution in [0.2, 0.25) is 0 Å². The van der Waals surface area contributed by atoms with E-state index in [0.29, 0.717) is 12.3 Å². The average Bonchev–Trinajstić information content (AvgIpc) is 3.28. The first-order valence-electron chi connectivity index (χ1n) is 7.08. The Morgan fingerprint density at radius 1 is 1.41 bits per heavy atom. The molecular weight excluding hydrogens is 304 g/mol. The van der Waals surface area contributed by atoms with Crippen LogP contribution in [0.5, 0.6) is 0 Å². The van der Waals surface area contributed by atoms with Gasteiger partial charge in [-0.15, -0.1) is 6.58 Å². The van der Waals surface area contributed by atoms with Gasteiger partial charge in [0, 0.05) is 11.7 Å². The number of anilines is 1. The van der Waals surface area contributed by atoms with Gasteiger partial charge in [-0.05, 0) is 44.0 Å². The van der Waals surface area contributed by atoms with Crippen molar-refractivity contribution in [3.05, 3.63) is 36.9 Å². The summed E-state index contributed by atoms with van der Waals surface area (Å²) in [6.07, 6.45) is 2.72. The lowest BCUT2D eigenvalue weighted by Gasteiger charge is -2.12. The normalized spacial score (nSPS) is 16.0. The molecule has 1 aromatic carbocycles. The van der Waals surface area contributed by atoms with Crippen molar-refractivity contribution in [1.29, 1.82) is 0 Å². The number of carbonyl (C=O) groups excluding carboxylic acids is 1. The second kappa shape index (κ2) is 7.04. The first-order chi connectivity index (χ1) is 10.4. The third-order valence-electron chi connectivity index (χ3n) is 3.16. The fraction of sp³-hybridized carbons (Fsp3) is 0.400. The molecule has 1 aliphatic rings. The SMILES string of the molecule is C=CCOC(C)C(=O)Nc1ccc(S(=O)(=O)NC2CC2)cc1. The first kappa shape index (κ1) is 16.7. The molecular formula is C15H20N2O4S. The van der Waals surface area contributed by atoms with Crippen LogP contribution in [0.4, 0.5) is 5.69 Å². The van der Waals surface area contributed by atoms with Crippen molar-refractivity contribution in [3.8, 4) is 0 Å². The molecule has 0 aliphatic heterocycles. The van der Waals surface area contributed by atoms with E-state index in [1.165, 1.54) is 12.1 Å². The van der Waals surface area contributed by atoms with Crippen LogP contribution in [0.15, 0.2) is 41.8 Å². The molecule has 2 rings (SSSR count). The van der Waals surface area contributed by atoms with Gasteiger partial charge < -0.3 is 10.1 Å². The van der Waals surface area contributed by atoms with Crippen molar-refractivity contribution < 1.29 is 17.9 Å². The van der Waals surface area contributed by atoms with E-state index in [1.807, 2.05) is 0 Å². The van der Waals surface area contributed by atoms with E-state index in [-0.39, 0.29) is 16.8 Å². The Kier molecular flexibility index (Phi) is 5.33. The quantitative estimate of drug-likeness (QED) is 0.712. The van der Waals surface area contributed by atoms with Crippen LogP contribution in [-0.4, -0.2) is 33.1 Å². The van der Waals surface area contributed by atoms with Crippen molar-refractivity contribution in [2.45, 2.75) is 36.8 Å². The van der Waals surface area contributed by atoms with Gasteiger partial charge in [0.1, 0.15) is 6.10 Å². The predicted octanol–water partition coefficient (Wildman–Crippen LogP) is 1.66. The monoisotopic (exact) mass is 324 g/mol. The van der Waals surface area contributed by atoms with E-state index < -0.39 is 16.1 Å². The zero-order valence-electron chi connectivity index (χ0n) is 12.4. The number of carbonyl (C=O) groups is 1. The average molecular weight is 324 g/mol. The standard InChI is InChI=1S/C15H20N2O4S/c1-3-10-21-11(2)15(18)16-12-6-8-14(9-7-12)22(19,20)17-13-4-5-13/h3,6-9,11,13,17H,1,4-5,10H2,2H3,(H,16,18). The van der Waals surface area contributed by atoms with Gasteiger partial charge in [-0.25, -0.2) is 13.1 Å². The highest BCUT2D eigenvalue weighted by atomic mass is 32.2. The lowest BCUT2D eigenvalue weighted by atomic mass is 10.3. The summed E-state index contributed by atoms with van der Waals surface area (Å²) in [5.41, 5.74) is 0.518. The number of nitrogens with one attached hydrogen (secondary N) is 2. The predicted molar refractivity (Wildman–Crippen MR) is 84.0 cm³/mol. The number of sulfonamides is 1. The van der Waals surface area contributed by atoms with Crippen LogP contribution in [0.25, 0.3) is 0 Å². The molecule has 1 aromatic rings. The highest BCUT2D eigenvalue weighted by Crippen LogP contribution is 2.22. The molecule has 120 valence electrons. The van der Waals surface area contributed by atoms with Gasteiger partial charge in [0.25, 0.3) is 5.91 Å². The molecule has 2 N–H and O–H groups in total. The maximum absolute atomic E-state index is 12.0. The molecule has 1 fully saturated rings. The van der Waals surface area contributed by atoms with Crippen molar-refractivity contribution in [2.24, 2.45) is 0 Å². The number of ether oxygens (including phenoxy) is 1. The van der Waals surface area contributed by atoms with E-state index in [2.05, 4.69) is 16.6 Å². The van der Waals surface area contributed by atoms with Crippen molar-refractivity contribution in [2.75, 3.05) is 11.9 Å². The topological polar surface area (TPSA) is 84.5 Å². The molecule has 1 unspecified atom stereocenters. The molecule has 7 heteroatoms. The molecule has 6 nitrogen and oxygen atoms in total. The Morgan fingerprint density at radius 3 is 2.59 bits per heavy atom. The molecule has 0 saturated heterocycles. The Labute approximate surface area is 130 Å². The molecule has 1 saturated carbocycles. The Balaban J connectivity index is 1.96. The number of hydrogen-bond donors (Lipinski definition) is 2. The zero-order chi connectivity index (χ0) is 16.2. The summed E-state index contributed by atoms with van der Waals surface area (Å²) in [5.74, 6) is -0.298. The molecule has 0 heterocycles. The van der Waals surface area contributed by atoms with Crippen LogP contribution in [0.1, 0.15) is 19.8 Å². The summed E-state index contributed by atoms with van der Waals surface area (Å²) in [6.45, 7) is 5.44. The summed E-state index contributed by atoms with van der Waals surface area (Å²) in [6, 6.07) is 6.11. The fourth-order valence-electron chi connectivity index (χ4n) is 1.74. The van der Waals surface area contributed by atoms with Crippen molar-refractivity contribution in [3.63, 3.8) is 0 Å². The smallest absolute Gasteiger partial charge is 0.253 e. The van der Waals surface area contributed by atoms with E-state index in [4.69, 9.17) is 4.74 Å². The summed E-state index contributed by atoms with van der Waals surface area (Å²) in [5, 5.41) is 2.67. The number of rotatable bonds is 8. The fourth-order valence-corrected chi connectivity index (χ4v) is 3.04. The Bertz CT molecular complexity index is 636. The Morgan fingerprint density at radius 2 is 2.05 bits per heavy atom. The van der Waals surface area contributed by atoms with E-state index >= 15 is 0 Å². The molecule has 0 bridgehead atoms. The van der Waals surface area contributed by atoms with Gasteiger partial charge >= 0.3 is 0 Å². The molecule has 0 spiro atoms. The third-order valence-corrected chi connectivity index (χ3v) is 4.70. The van der Waals surface area contributed by atoms with Crippen LogP contribution in [0.3, 0.4) is 0 Å². The van der Waals surface area contributed by atoms with Crippen LogP contribution in [-0.2, 0) is 19.6 Å². The number of amides is 1. The molecule has 1 atom stereocenters. The van der Waals surface area contributed by atoms with Crippen LogP contribution < -0.4 is 10.0 Å². The molecule has 0 aromatic heterocycles. The van der Waals surface area contributed by atoms with Crippen molar-refractivity contribution >= 4 is 21.6 Å². The van der Waals surface area contributed by atoms with Gasteiger partial charge in [0.2, 0.25) is 10.0 Å². The summed E-state index contributed by atoms with van der Waals surface area (Å²) in [4.78, 5) is 12.0. The molecule has 1 aliphatic carbocycles. The minimum absolute atomic E-state index is 0.0623. The largest absolute Gasteiger partial charge is 0.365 e. The van der Waals surface area contributed by atoms with E-state index in [9.17, 15) is 13.2 Å². The minimum Gasteiger partial charge on any atom is -0.365 e. The zero-order valence-corrected chi connectivity index (χ0v) is 13.2. The van der Waals surface area contributed by atoms with E-state index in [0.717, 1.165) is 12.8 Å². The summed E-state index contributed by atoms with van der Waals surface area (Å²) < 4.78 is 31.9. The summed E-state index contributed by atoms with van der Waals surface area (Å²) in [7, 11) is -3.47. The van der Waals surface area contributed by atoms with Gasteiger partial charge in [0.15, 0.2) is 0 Å². The van der Waals surface area contributed by atoms with Crippen LogP contribution >= 0.6 is 0 Å². The first-order valence-corrected chi connectivity index (χ1v) is 8.56. The van der Waals surface area contributed by atoms with Gasteiger partial charge in [-0.2, -0.15) is 0 Å². The van der Waals surface area contributed by atoms with Gasteiger partial charge in [0.05, 0.1) is 11.5 Å². The van der Waals surface area contributed by atoms with Gasteiger partial charge in [-0.1, -0.05) is 6.08 Å². The van der Waals surface area contributed by atoms with Gasteiger partial charge in [-0.3, -0.25) is 4.79 Å². The lowest BCUT2D eigenvalue weighted by Crippen LogP contribution is -2.28. The highest BCUT2D eigenvalue weighted by Gasteiger charge is 2.27. The lowest BCUT2D eigenvalue weighted by molar-refractivity contribution is -0.125. The second-order valence-corrected chi connectivity index (χ2v) is 6.89. The second-order valence-electron chi connectivity index (χ2n) is 5.17. The molecule has 0 radical (unpaired) electrons. The third kappa shape index (κ3) is 4.66. The minimum atomic E-state index is -3.47. The van der Waals surface area contributed by atoms with Crippen molar-refractivity contribution in [1.82, 2.24) is 4.72 Å². The summed E-state index contributed by atoms with van der Waals surface area (Å²) >= 11 is 0.